The molecule has 1 spiro atoms. The highest BCUT2D eigenvalue weighted by molar-refractivity contribution is 5.90. The van der Waals surface area contributed by atoms with Crippen LogP contribution in [-0.2, 0) is 22.4 Å². The number of carbonyl (C=O) groups is 1. The molecule has 1 aromatic heterocycles. The smallest absolute Gasteiger partial charge is 0.322 e. The number of ether oxygens (including phenoxy) is 2. The molecular weight excluding hydrogens is 332 g/mol. The Morgan fingerprint density at radius 1 is 1.42 bits per heavy atom. The summed E-state index contributed by atoms with van der Waals surface area (Å²) in [4.78, 5) is 14.8. The number of urea groups is 1. The van der Waals surface area contributed by atoms with E-state index in [0.717, 1.165) is 37.2 Å². The number of carbonyl (C=O) groups excluding carboxylic acids is 1. The van der Waals surface area contributed by atoms with Crippen LogP contribution in [0.1, 0.15) is 46.2 Å². The Labute approximate surface area is 156 Å². The Morgan fingerprint density at radius 3 is 2.81 bits per heavy atom. The quantitative estimate of drug-likeness (QED) is 0.892. The lowest BCUT2D eigenvalue weighted by Gasteiger charge is -2.47. The summed E-state index contributed by atoms with van der Waals surface area (Å²) in [6, 6.07) is -0.0650. The van der Waals surface area contributed by atoms with Gasteiger partial charge >= 0.3 is 6.03 Å². The van der Waals surface area contributed by atoms with Gasteiger partial charge < -0.3 is 19.7 Å². The van der Waals surface area contributed by atoms with Gasteiger partial charge in [-0.15, -0.1) is 0 Å². The predicted octanol–water partition coefficient (Wildman–Crippen LogP) is 2.90. The lowest BCUT2D eigenvalue weighted by molar-refractivity contribution is -0.174. The van der Waals surface area contributed by atoms with Crippen LogP contribution in [0.15, 0.2) is 6.20 Å². The van der Waals surface area contributed by atoms with Gasteiger partial charge in [-0.2, -0.15) is 5.10 Å². The molecule has 1 unspecified atom stereocenters. The van der Waals surface area contributed by atoms with Crippen LogP contribution in [0.4, 0.5) is 10.5 Å². The van der Waals surface area contributed by atoms with E-state index in [2.05, 4.69) is 31.2 Å². The number of amides is 2. The predicted molar refractivity (Wildman–Crippen MR) is 100 cm³/mol. The molecule has 1 aromatic rings. The van der Waals surface area contributed by atoms with Crippen LogP contribution in [0, 0.1) is 5.92 Å². The Bertz CT molecular complexity index is 622. The van der Waals surface area contributed by atoms with Crippen LogP contribution < -0.4 is 5.32 Å². The minimum atomic E-state index is -0.261. The number of nitrogens with zero attached hydrogens (tertiary/aromatic N) is 3. The molecule has 0 aliphatic carbocycles. The molecule has 2 aliphatic heterocycles. The first kappa shape index (κ1) is 19.2. The van der Waals surface area contributed by atoms with Crippen molar-refractivity contribution in [3.05, 3.63) is 11.9 Å². The van der Waals surface area contributed by atoms with Crippen LogP contribution in [0.25, 0.3) is 0 Å². The third-order valence-corrected chi connectivity index (χ3v) is 5.16. The number of rotatable bonds is 4. The molecule has 2 saturated heterocycles. The van der Waals surface area contributed by atoms with Gasteiger partial charge in [0, 0.05) is 39.1 Å². The van der Waals surface area contributed by atoms with Gasteiger partial charge in [-0.1, -0.05) is 20.8 Å². The molecule has 0 bridgehead atoms. The van der Waals surface area contributed by atoms with Gasteiger partial charge in [0.1, 0.15) is 0 Å². The maximum absolute atomic E-state index is 12.9. The fraction of sp³-hybridized carbons (Fsp3) is 0.789. The molecule has 0 radical (unpaired) electrons. The van der Waals surface area contributed by atoms with Crippen LogP contribution in [-0.4, -0.2) is 58.7 Å². The summed E-state index contributed by atoms with van der Waals surface area (Å²) in [7, 11) is 0. The second-order valence-electron chi connectivity index (χ2n) is 7.97. The van der Waals surface area contributed by atoms with Gasteiger partial charge in [0.25, 0.3) is 0 Å². The fourth-order valence-corrected chi connectivity index (χ4v) is 3.98. The fourth-order valence-electron chi connectivity index (χ4n) is 3.98. The van der Waals surface area contributed by atoms with Crippen LogP contribution >= 0.6 is 0 Å². The highest BCUT2D eigenvalue weighted by atomic mass is 16.5. The van der Waals surface area contributed by atoms with Crippen molar-refractivity contribution in [2.24, 2.45) is 5.92 Å². The molecule has 3 heterocycles. The number of hydrogen-bond acceptors (Lipinski definition) is 4. The van der Waals surface area contributed by atoms with Crippen LogP contribution in [0.3, 0.4) is 0 Å². The third kappa shape index (κ3) is 4.20. The number of anilines is 1. The zero-order chi connectivity index (χ0) is 18.7. The largest absolute Gasteiger partial charge is 0.381 e. The van der Waals surface area contributed by atoms with Crippen LogP contribution in [0.5, 0.6) is 0 Å². The lowest BCUT2D eigenvalue weighted by atomic mass is 9.91. The monoisotopic (exact) mass is 364 g/mol. The number of aromatic nitrogens is 2. The molecule has 146 valence electrons. The lowest BCUT2D eigenvalue weighted by Crippen LogP contribution is -2.59. The Morgan fingerprint density at radius 2 is 2.15 bits per heavy atom. The Kier molecular flexibility index (Phi) is 5.87. The Hall–Kier alpha value is -1.60. The summed E-state index contributed by atoms with van der Waals surface area (Å²) in [6.45, 7) is 11.9. The highest BCUT2D eigenvalue weighted by Gasteiger charge is 2.42. The van der Waals surface area contributed by atoms with Crippen molar-refractivity contribution in [2.75, 3.05) is 31.6 Å². The van der Waals surface area contributed by atoms with Gasteiger partial charge in [-0.25, -0.2) is 4.79 Å². The second-order valence-corrected chi connectivity index (χ2v) is 7.97. The number of morpholine rings is 1. The van der Waals surface area contributed by atoms with E-state index < -0.39 is 0 Å². The van der Waals surface area contributed by atoms with Crippen molar-refractivity contribution in [1.82, 2.24) is 14.7 Å². The molecule has 2 fully saturated rings. The van der Waals surface area contributed by atoms with Crippen molar-refractivity contribution < 1.29 is 14.3 Å². The molecule has 7 nitrogen and oxygen atoms in total. The van der Waals surface area contributed by atoms with E-state index in [1.165, 1.54) is 0 Å². The highest BCUT2D eigenvalue weighted by Crippen LogP contribution is 2.32. The first-order valence-corrected chi connectivity index (χ1v) is 9.78. The van der Waals surface area contributed by atoms with Crippen LogP contribution in [0.2, 0.25) is 0 Å². The van der Waals surface area contributed by atoms with E-state index in [1.54, 1.807) is 6.20 Å². The SMILES string of the molecule is CCc1c(NC(=O)N2CC(C)OC3(CCOCC3)C2)cnn1CC(C)C. The summed E-state index contributed by atoms with van der Waals surface area (Å²) in [5.41, 5.74) is 1.63. The van der Waals surface area contributed by atoms with E-state index in [0.29, 0.717) is 32.2 Å². The standard InChI is InChI=1S/C19H32N4O3/c1-5-17-16(10-20-23(17)11-14(2)3)21-18(24)22-12-15(4)26-19(13-22)6-8-25-9-7-19/h10,14-15H,5-9,11-13H2,1-4H3,(H,21,24). The van der Waals surface area contributed by atoms with E-state index in [1.807, 2.05) is 16.5 Å². The average molecular weight is 364 g/mol. The molecule has 7 heteroatoms. The molecular formula is C19H32N4O3. The molecule has 1 N–H and O–H groups in total. The zero-order valence-corrected chi connectivity index (χ0v) is 16.5. The first-order chi connectivity index (χ1) is 12.4. The van der Waals surface area contributed by atoms with Crippen molar-refractivity contribution >= 4 is 11.7 Å². The van der Waals surface area contributed by atoms with Crippen molar-refractivity contribution in [3.8, 4) is 0 Å². The zero-order valence-electron chi connectivity index (χ0n) is 16.5. The van der Waals surface area contributed by atoms with E-state index in [-0.39, 0.29) is 17.7 Å². The summed E-state index contributed by atoms with van der Waals surface area (Å²) < 4.78 is 13.7. The van der Waals surface area contributed by atoms with Gasteiger partial charge in [0.15, 0.2) is 0 Å². The van der Waals surface area contributed by atoms with E-state index in [4.69, 9.17) is 9.47 Å². The van der Waals surface area contributed by atoms with Crippen molar-refractivity contribution in [1.29, 1.82) is 0 Å². The summed E-state index contributed by atoms with van der Waals surface area (Å²) in [5.74, 6) is 0.511. The molecule has 3 rings (SSSR count). The summed E-state index contributed by atoms with van der Waals surface area (Å²) >= 11 is 0. The molecule has 26 heavy (non-hydrogen) atoms. The summed E-state index contributed by atoms with van der Waals surface area (Å²) in [6.07, 6.45) is 4.32. The molecule has 2 aliphatic rings. The molecule has 1 atom stereocenters. The number of nitrogens with one attached hydrogen (secondary N) is 1. The van der Waals surface area contributed by atoms with Gasteiger partial charge in [0.05, 0.1) is 35.8 Å². The Balaban J connectivity index is 1.70. The summed E-state index contributed by atoms with van der Waals surface area (Å²) in [5, 5.41) is 7.55. The van der Waals surface area contributed by atoms with Gasteiger partial charge in [0.2, 0.25) is 0 Å². The maximum atomic E-state index is 12.9. The van der Waals surface area contributed by atoms with Gasteiger partial charge in [-0.3, -0.25) is 4.68 Å². The average Bonchev–Trinajstić information content (AvgIpc) is 2.95. The minimum Gasteiger partial charge on any atom is -0.381 e. The minimum absolute atomic E-state index is 0.0295. The second kappa shape index (κ2) is 7.96. The van der Waals surface area contributed by atoms with Crippen molar-refractivity contribution in [2.45, 2.75) is 65.2 Å². The normalized spacial score (nSPS) is 22.8. The van der Waals surface area contributed by atoms with E-state index >= 15 is 0 Å². The molecule has 0 saturated carbocycles. The first-order valence-electron chi connectivity index (χ1n) is 9.78. The third-order valence-electron chi connectivity index (χ3n) is 5.16. The number of hydrogen-bond donors (Lipinski definition) is 1. The topological polar surface area (TPSA) is 68.6 Å². The van der Waals surface area contributed by atoms with E-state index in [9.17, 15) is 4.79 Å². The van der Waals surface area contributed by atoms with Gasteiger partial charge in [-0.05, 0) is 19.3 Å². The van der Waals surface area contributed by atoms with Crippen molar-refractivity contribution in [3.63, 3.8) is 0 Å². The molecule has 0 aromatic carbocycles. The molecule has 2 amide bonds. The maximum Gasteiger partial charge on any atom is 0.322 e.